The first-order chi connectivity index (χ1) is 15.5. The average molecular weight is 433 g/mol. The predicted octanol–water partition coefficient (Wildman–Crippen LogP) is 4.66. The van der Waals surface area contributed by atoms with Gasteiger partial charge in [0.2, 0.25) is 5.91 Å². The molecule has 0 aromatic heterocycles. The Hall–Kier alpha value is -3.54. The molecule has 0 spiro atoms. The Morgan fingerprint density at radius 2 is 1.59 bits per heavy atom. The molecule has 1 N–H and O–H groups in total. The van der Waals surface area contributed by atoms with Crippen molar-refractivity contribution in [3.8, 4) is 11.5 Å². The van der Waals surface area contributed by atoms with E-state index in [1.165, 1.54) is 0 Å². The third kappa shape index (κ3) is 4.26. The fourth-order valence-electron chi connectivity index (χ4n) is 4.28. The highest BCUT2D eigenvalue weighted by Crippen LogP contribution is 2.33. The van der Waals surface area contributed by atoms with Gasteiger partial charge in [-0.2, -0.15) is 0 Å². The van der Waals surface area contributed by atoms with Crippen LogP contribution in [0.25, 0.3) is 10.8 Å². The Kier molecular flexibility index (Phi) is 6.30. The highest BCUT2D eigenvalue weighted by molar-refractivity contribution is 6.07. The van der Waals surface area contributed by atoms with E-state index in [2.05, 4.69) is 5.32 Å². The van der Waals surface area contributed by atoms with Crippen molar-refractivity contribution in [3.05, 3.63) is 65.7 Å². The first kappa shape index (κ1) is 21.7. The SMILES string of the molecule is COc1cc(C)c(NC(=O)C2CCN(C(=O)c3cccc4ccccc34)CC2)cc1OC. The summed E-state index contributed by atoms with van der Waals surface area (Å²) in [5.41, 5.74) is 2.33. The van der Waals surface area contributed by atoms with Crippen LogP contribution < -0.4 is 14.8 Å². The molecular formula is C26H28N2O4. The van der Waals surface area contributed by atoms with Crippen molar-refractivity contribution < 1.29 is 19.1 Å². The van der Waals surface area contributed by atoms with Crippen LogP contribution >= 0.6 is 0 Å². The highest BCUT2D eigenvalue weighted by Gasteiger charge is 2.29. The maximum absolute atomic E-state index is 13.2. The molecule has 1 aliphatic rings. The van der Waals surface area contributed by atoms with E-state index in [1.807, 2.05) is 60.4 Å². The molecule has 0 bridgehead atoms. The molecule has 166 valence electrons. The molecule has 32 heavy (non-hydrogen) atoms. The molecule has 2 amide bonds. The number of hydrogen-bond donors (Lipinski definition) is 1. The van der Waals surface area contributed by atoms with Crippen LogP contribution in [0.3, 0.4) is 0 Å². The molecule has 0 saturated carbocycles. The molecule has 1 saturated heterocycles. The van der Waals surface area contributed by atoms with E-state index in [1.54, 1.807) is 20.3 Å². The van der Waals surface area contributed by atoms with Crippen molar-refractivity contribution in [3.63, 3.8) is 0 Å². The molecule has 3 aromatic carbocycles. The third-order valence-corrected chi connectivity index (χ3v) is 6.16. The molecule has 1 aliphatic heterocycles. The first-order valence-electron chi connectivity index (χ1n) is 10.8. The summed E-state index contributed by atoms with van der Waals surface area (Å²) in [7, 11) is 3.16. The van der Waals surface area contributed by atoms with Crippen LogP contribution in [0.4, 0.5) is 5.69 Å². The van der Waals surface area contributed by atoms with Crippen molar-refractivity contribution >= 4 is 28.3 Å². The molecule has 1 heterocycles. The number of benzene rings is 3. The number of carbonyl (C=O) groups excluding carboxylic acids is 2. The number of piperidine rings is 1. The molecule has 0 atom stereocenters. The van der Waals surface area contributed by atoms with E-state index in [9.17, 15) is 9.59 Å². The molecule has 6 nitrogen and oxygen atoms in total. The lowest BCUT2D eigenvalue weighted by molar-refractivity contribution is -0.121. The van der Waals surface area contributed by atoms with Gasteiger partial charge in [0.05, 0.1) is 14.2 Å². The Morgan fingerprint density at radius 1 is 0.938 bits per heavy atom. The number of likely N-dealkylation sites (tertiary alicyclic amines) is 1. The predicted molar refractivity (Wildman–Crippen MR) is 125 cm³/mol. The molecule has 3 aromatic rings. The molecule has 1 fully saturated rings. The van der Waals surface area contributed by atoms with Gasteiger partial charge < -0.3 is 19.7 Å². The van der Waals surface area contributed by atoms with Crippen LogP contribution in [-0.2, 0) is 4.79 Å². The van der Waals surface area contributed by atoms with Gasteiger partial charge in [0.15, 0.2) is 11.5 Å². The summed E-state index contributed by atoms with van der Waals surface area (Å²) in [6.45, 7) is 3.04. The molecular weight excluding hydrogens is 404 g/mol. The van der Waals surface area contributed by atoms with Gasteiger partial charge in [-0.25, -0.2) is 0 Å². The summed E-state index contributed by atoms with van der Waals surface area (Å²) in [4.78, 5) is 27.9. The minimum Gasteiger partial charge on any atom is -0.493 e. The second-order valence-electron chi connectivity index (χ2n) is 8.10. The van der Waals surface area contributed by atoms with Crippen molar-refractivity contribution in [2.45, 2.75) is 19.8 Å². The number of aryl methyl sites for hydroxylation is 1. The van der Waals surface area contributed by atoms with Crippen LogP contribution in [0, 0.1) is 12.8 Å². The Balaban J connectivity index is 1.41. The zero-order valence-corrected chi connectivity index (χ0v) is 18.7. The number of hydrogen-bond acceptors (Lipinski definition) is 4. The second-order valence-corrected chi connectivity index (χ2v) is 8.10. The number of ether oxygens (including phenoxy) is 2. The molecule has 6 heteroatoms. The van der Waals surface area contributed by atoms with Gasteiger partial charge in [0, 0.05) is 36.3 Å². The van der Waals surface area contributed by atoms with Crippen molar-refractivity contribution in [1.29, 1.82) is 0 Å². The van der Waals surface area contributed by atoms with E-state index in [-0.39, 0.29) is 17.7 Å². The van der Waals surface area contributed by atoms with Crippen LogP contribution in [0.15, 0.2) is 54.6 Å². The van der Waals surface area contributed by atoms with Crippen molar-refractivity contribution in [2.75, 3.05) is 32.6 Å². The summed E-state index contributed by atoms with van der Waals surface area (Å²) < 4.78 is 10.7. The zero-order chi connectivity index (χ0) is 22.7. The standard InChI is InChI=1S/C26H28N2O4/c1-17-15-23(31-2)24(32-3)16-22(17)27-25(29)19-11-13-28(14-12-19)26(30)21-10-6-8-18-7-4-5-9-20(18)21/h4-10,15-16,19H,11-14H2,1-3H3,(H,27,29). The Morgan fingerprint density at radius 3 is 2.31 bits per heavy atom. The zero-order valence-electron chi connectivity index (χ0n) is 18.7. The number of nitrogens with one attached hydrogen (secondary N) is 1. The number of carbonyl (C=O) groups is 2. The fourth-order valence-corrected chi connectivity index (χ4v) is 4.28. The van der Waals surface area contributed by atoms with E-state index >= 15 is 0 Å². The normalized spacial score (nSPS) is 14.3. The van der Waals surface area contributed by atoms with Gasteiger partial charge in [-0.15, -0.1) is 0 Å². The largest absolute Gasteiger partial charge is 0.493 e. The number of anilines is 1. The monoisotopic (exact) mass is 432 g/mol. The molecule has 0 unspecified atom stereocenters. The molecule has 0 aliphatic carbocycles. The van der Waals surface area contributed by atoms with Crippen LogP contribution in [0.2, 0.25) is 0 Å². The topological polar surface area (TPSA) is 67.9 Å². The summed E-state index contributed by atoms with van der Waals surface area (Å²) >= 11 is 0. The number of nitrogens with zero attached hydrogens (tertiary/aromatic N) is 1. The molecule has 0 radical (unpaired) electrons. The van der Waals surface area contributed by atoms with E-state index < -0.39 is 0 Å². The quantitative estimate of drug-likeness (QED) is 0.637. The number of amides is 2. The van der Waals surface area contributed by atoms with Crippen LogP contribution in [-0.4, -0.2) is 44.0 Å². The van der Waals surface area contributed by atoms with Gasteiger partial charge in [0.1, 0.15) is 0 Å². The van der Waals surface area contributed by atoms with Gasteiger partial charge >= 0.3 is 0 Å². The summed E-state index contributed by atoms with van der Waals surface area (Å²) in [6, 6.07) is 17.4. The van der Waals surface area contributed by atoms with E-state index in [0.29, 0.717) is 48.7 Å². The maximum atomic E-state index is 13.2. The highest BCUT2D eigenvalue weighted by atomic mass is 16.5. The lowest BCUT2D eigenvalue weighted by Gasteiger charge is -2.31. The van der Waals surface area contributed by atoms with E-state index in [0.717, 1.165) is 16.3 Å². The summed E-state index contributed by atoms with van der Waals surface area (Å²) in [5, 5.41) is 5.04. The lowest BCUT2D eigenvalue weighted by Crippen LogP contribution is -2.41. The number of rotatable bonds is 5. The van der Waals surface area contributed by atoms with Crippen LogP contribution in [0.5, 0.6) is 11.5 Å². The maximum Gasteiger partial charge on any atom is 0.254 e. The van der Waals surface area contributed by atoms with Gasteiger partial charge in [-0.05, 0) is 48.2 Å². The first-order valence-corrected chi connectivity index (χ1v) is 10.8. The van der Waals surface area contributed by atoms with Crippen LogP contribution in [0.1, 0.15) is 28.8 Å². The van der Waals surface area contributed by atoms with Crippen molar-refractivity contribution in [2.24, 2.45) is 5.92 Å². The third-order valence-electron chi connectivity index (χ3n) is 6.16. The Labute approximate surface area is 188 Å². The average Bonchev–Trinajstić information content (AvgIpc) is 2.84. The Bertz CT molecular complexity index is 1140. The van der Waals surface area contributed by atoms with Gasteiger partial charge in [0.25, 0.3) is 5.91 Å². The minimum absolute atomic E-state index is 0.0244. The van der Waals surface area contributed by atoms with E-state index in [4.69, 9.17) is 9.47 Å². The van der Waals surface area contributed by atoms with Crippen molar-refractivity contribution in [1.82, 2.24) is 4.90 Å². The van der Waals surface area contributed by atoms with Gasteiger partial charge in [-0.1, -0.05) is 36.4 Å². The smallest absolute Gasteiger partial charge is 0.254 e. The number of methoxy groups -OCH3 is 2. The molecule has 4 rings (SSSR count). The lowest BCUT2D eigenvalue weighted by atomic mass is 9.94. The summed E-state index contributed by atoms with van der Waals surface area (Å²) in [6.07, 6.45) is 1.27. The number of fused-ring (bicyclic) bond motifs is 1. The van der Waals surface area contributed by atoms with Gasteiger partial charge in [-0.3, -0.25) is 9.59 Å². The minimum atomic E-state index is -0.140. The fraction of sp³-hybridized carbons (Fsp3) is 0.308. The second kappa shape index (κ2) is 9.30. The summed E-state index contributed by atoms with van der Waals surface area (Å²) in [5.74, 6) is 1.06.